The van der Waals surface area contributed by atoms with Crippen LogP contribution in [0.5, 0.6) is 5.75 Å². The molecule has 0 spiro atoms. The van der Waals surface area contributed by atoms with E-state index >= 15 is 0 Å². The van der Waals surface area contributed by atoms with Crippen molar-refractivity contribution in [2.24, 2.45) is 0 Å². The third-order valence-corrected chi connectivity index (χ3v) is 4.69. The highest BCUT2D eigenvalue weighted by Crippen LogP contribution is 2.44. The summed E-state index contributed by atoms with van der Waals surface area (Å²) in [6.07, 6.45) is 1.34. The van der Waals surface area contributed by atoms with E-state index in [0.717, 1.165) is 5.56 Å². The molecule has 0 radical (unpaired) electrons. The van der Waals surface area contributed by atoms with E-state index in [1.807, 2.05) is 24.3 Å². The SMILES string of the molecule is C=CCOc1ccccc1CN1C(=O)[C@](O)(CC(C)=O)c2cc(Cl)ccc21. The molecular formula is C21H20ClNO4. The maximum Gasteiger partial charge on any atom is 0.264 e. The third-order valence-electron chi connectivity index (χ3n) is 4.46. The maximum absolute atomic E-state index is 13.1. The summed E-state index contributed by atoms with van der Waals surface area (Å²) in [4.78, 5) is 26.2. The fraction of sp³-hybridized carbons (Fsp3) is 0.238. The molecule has 27 heavy (non-hydrogen) atoms. The second-order valence-electron chi connectivity index (χ2n) is 6.50. The van der Waals surface area contributed by atoms with Crippen LogP contribution in [0.15, 0.2) is 55.1 Å². The molecule has 0 unspecified atom stereocenters. The van der Waals surface area contributed by atoms with Crippen LogP contribution in [0.3, 0.4) is 0 Å². The van der Waals surface area contributed by atoms with Gasteiger partial charge in [-0.2, -0.15) is 0 Å². The molecule has 1 amide bonds. The van der Waals surface area contributed by atoms with E-state index < -0.39 is 11.5 Å². The number of hydrogen-bond donors (Lipinski definition) is 1. The van der Waals surface area contributed by atoms with E-state index in [9.17, 15) is 14.7 Å². The third kappa shape index (κ3) is 3.61. The van der Waals surface area contributed by atoms with Gasteiger partial charge in [-0.1, -0.05) is 42.5 Å². The Labute approximate surface area is 162 Å². The van der Waals surface area contributed by atoms with Gasteiger partial charge in [-0.25, -0.2) is 0 Å². The van der Waals surface area contributed by atoms with Crippen molar-refractivity contribution in [3.05, 3.63) is 71.3 Å². The summed E-state index contributed by atoms with van der Waals surface area (Å²) in [5.74, 6) is -0.204. The lowest BCUT2D eigenvalue weighted by atomic mass is 9.90. The minimum Gasteiger partial charge on any atom is -0.489 e. The molecule has 6 heteroatoms. The number of nitrogens with zero attached hydrogens (tertiary/aromatic N) is 1. The summed E-state index contributed by atoms with van der Waals surface area (Å²) in [6.45, 7) is 5.52. The molecule has 140 valence electrons. The molecular weight excluding hydrogens is 366 g/mol. The number of carbonyl (C=O) groups is 2. The van der Waals surface area contributed by atoms with Crippen molar-refractivity contribution < 1.29 is 19.4 Å². The van der Waals surface area contributed by atoms with Crippen LogP contribution in [0.2, 0.25) is 5.02 Å². The molecule has 1 aliphatic heterocycles. The molecule has 0 aliphatic carbocycles. The van der Waals surface area contributed by atoms with Crippen molar-refractivity contribution >= 4 is 29.0 Å². The first-order valence-corrected chi connectivity index (χ1v) is 8.90. The molecule has 5 nitrogen and oxygen atoms in total. The molecule has 1 heterocycles. The average molecular weight is 386 g/mol. The molecule has 0 fully saturated rings. The van der Waals surface area contributed by atoms with Crippen molar-refractivity contribution in [3.63, 3.8) is 0 Å². The number of Topliss-reactive ketones (excluding diaryl/α,β-unsaturated/α-hetero) is 1. The van der Waals surface area contributed by atoms with E-state index in [-0.39, 0.29) is 18.7 Å². The normalized spacial score (nSPS) is 18.3. The molecule has 0 saturated heterocycles. The molecule has 1 atom stereocenters. The Balaban J connectivity index is 2.02. The summed E-state index contributed by atoms with van der Waals surface area (Å²) in [5, 5.41) is 11.4. The summed E-state index contributed by atoms with van der Waals surface area (Å²) in [6, 6.07) is 12.2. The van der Waals surface area contributed by atoms with E-state index in [1.165, 1.54) is 17.9 Å². The number of amides is 1. The molecule has 2 aromatic rings. The number of ether oxygens (including phenoxy) is 1. The van der Waals surface area contributed by atoms with Crippen LogP contribution in [0, 0.1) is 0 Å². The minimum absolute atomic E-state index is 0.195. The number of aliphatic hydroxyl groups is 1. The molecule has 0 bridgehead atoms. The van der Waals surface area contributed by atoms with Gasteiger partial charge in [0.1, 0.15) is 18.1 Å². The number of ketones is 1. The predicted octanol–water partition coefficient (Wildman–Crippen LogP) is 3.62. The summed E-state index contributed by atoms with van der Waals surface area (Å²) < 4.78 is 5.66. The fourth-order valence-electron chi connectivity index (χ4n) is 3.31. The molecule has 3 rings (SSSR count). The van der Waals surface area contributed by atoms with Crippen LogP contribution in [0.25, 0.3) is 0 Å². The summed E-state index contributed by atoms with van der Waals surface area (Å²) >= 11 is 6.07. The Morgan fingerprint density at radius 3 is 2.78 bits per heavy atom. The number of fused-ring (bicyclic) bond motifs is 1. The van der Waals surface area contributed by atoms with Gasteiger partial charge in [0.2, 0.25) is 0 Å². The van der Waals surface area contributed by atoms with Gasteiger partial charge < -0.3 is 14.7 Å². The maximum atomic E-state index is 13.1. The summed E-state index contributed by atoms with van der Waals surface area (Å²) in [5.41, 5.74) is -0.254. The second-order valence-corrected chi connectivity index (χ2v) is 6.94. The number of benzene rings is 2. The van der Waals surface area contributed by atoms with Gasteiger partial charge in [-0.15, -0.1) is 0 Å². The zero-order chi connectivity index (χ0) is 19.6. The van der Waals surface area contributed by atoms with Gasteiger partial charge in [-0.05, 0) is 31.2 Å². The highest BCUT2D eigenvalue weighted by Gasteiger charge is 2.50. The van der Waals surface area contributed by atoms with Crippen LogP contribution >= 0.6 is 11.6 Å². The first-order valence-electron chi connectivity index (χ1n) is 8.52. The second kappa shape index (κ2) is 7.55. The van der Waals surface area contributed by atoms with Crippen molar-refractivity contribution in [1.29, 1.82) is 0 Å². The highest BCUT2D eigenvalue weighted by atomic mass is 35.5. The number of rotatable bonds is 7. The first kappa shape index (κ1) is 19.1. The Morgan fingerprint density at radius 2 is 2.07 bits per heavy atom. The van der Waals surface area contributed by atoms with Crippen LogP contribution in [-0.4, -0.2) is 23.4 Å². The van der Waals surface area contributed by atoms with Gasteiger partial charge in [0.05, 0.1) is 12.2 Å². The smallest absolute Gasteiger partial charge is 0.264 e. The van der Waals surface area contributed by atoms with Gasteiger partial charge >= 0.3 is 0 Å². The number of hydrogen-bond acceptors (Lipinski definition) is 4. The first-order chi connectivity index (χ1) is 12.9. The Kier molecular flexibility index (Phi) is 5.35. The van der Waals surface area contributed by atoms with E-state index in [2.05, 4.69) is 6.58 Å². The molecule has 1 N–H and O–H groups in total. The lowest BCUT2D eigenvalue weighted by Crippen LogP contribution is -2.41. The van der Waals surface area contributed by atoms with E-state index in [0.29, 0.717) is 28.6 Å². The van der Waals surface area contributed by atoms with Crippen LogP contribution < -0.4 is 9.64 Å². The quantitative estimate of drug-likeness (QED) is 0.739. The molecule has 1 aliphatic rings. The monoisotopic (exact) mass is 385 g/mol. The van der Waals surface area contributed by atoms with Gasteiger partial charge in [0.15, 0.2) is 5.60 Å². The van der Waals surface area contributed by atoms with E-state index in [4.69, 9.17) is 16.3 Å². The lowest BCUT2D eigenvalue weighted by molar-refractivity contribution is -0.141. The predicted molar refractivity (Wildman–Crippen MR) is 104 cm³/mol. The van der Waals surface area contributed by atoms with E-state index in [1.54, 1.807) is 18.2 Å². The van der Waals surface area contributed by atoms with Crippen molar-refractivity contribution in [1.82, 2.24) is 0 Å². The zero-order valence-electron chi connectivity index (χ0n) is 14.9. The zero-order valence-corrected chi connectivity index (χ0v) is 15.7. The highest BCUT2D eigenvalue weighted by molar-refractivity contribution is 6.31. The van der Waals surface area contributed by atoms with Gasteiger partial charge in [0, 0.05) is 22.6 Å². The van der Waals surface area contributed by atoms with Crippen LogP contribution in [-0.2, 0) is 21.7 Å². The number of anilines is 1. The Morgan fingerprint density at radius 1 is 1.33 bits per heavy atom. The molecule has 0 saturated carbocycles. The topological polar surface area (TPSA) is 66.8 Å². The van der Waals surface area contributed by atoms with Crippen molar-refractivity contribution in [2.45, 2.75) is 25.5 Å². The molecule has 2 aromatic carbocycles. The standard InChI is InChI=1S/C21H20ClNO4/c1-3-10-27-19-7-5-4-6-15(19)13-23-18-9-8-16(22)11-17(18)21(26,20(23)25)12-14(2)24/h3-9,11,26H,1,10,12-13H2,2H3/t21-/m0/s1. The van der Waals surface area contributed by atoms with Crippen molar-refractivity contribution in [3.8, 4) is 5.75 Å². The Bertz CT molecular complexity index is 911. The number of halogens is 1. The largest absolute Gasteiger partial charge is 0.489 e. The van der Waals surface area contributed by atoms with Crippen LogP contribution in [0.4, 0.5) is 5.69 Å². The Hall–Kier alpha value is -2.63. The average Bonchev–Trinajstić information content (AvgIpc) is 2.82. The minimum atomic E-state index is -1.91. The van der Waals surface area contributed by atoms with Crippen molar-refractivity contribution in [2.75, 3.05) is 11.5 Å². The van der Waals surface area contributed by atoms with Gasteiger partial charge in [-0.3, -0.25) is 9.59 Å². The number of para-hydroxylation sites is 1. The fourth-order valence-corrected chi connectivity index (χ4v) is 3.48. The molecule has 0 aromatic heterocycles. The van der Waals surface area contributed by atoms with Crippen LogP contribution in [0.1, 0.15) is 24.5 Å². The van der Waals surface area contributed by atoms with Gasteiger partial charge in [0.25, 0.3) is 5.91 Å². The lowest BCUT2D eigenvalue weighted by Gasteiger charge is -2.23. The summed E-state index contributed by atoms with van der Waals surface area (Å²) in [7, 11) is 0. The number of carbonyl (C=O) groups excluding carboxylic acids is 2.